The first-order valence-corrected chi connectivity index (χ1v) is 3.83. The van der Waals surface area contributed by atoms with E-state index in [-0.39, 0.29) is 11.8 Å². The standard InChI is InChI=1S/C8H14N2O/c1-3-8(11)7-6-9-4-5-10(7)2/h3,7,9H,1,4-6H2,2H3. The molecule has 1 saturated heterocycles. The van der Waals surface area contributed by atoms with Crippen LogP contribution >= 0.6 is 0 Å². The minimum absolute atomic E-state index is 0.00116. The fourth-order valence-electron chi connectivity index (χ4n) is 1.26. The van der Waals surface area contributed by atoms with Gasteiger partial charge < -0.3 is 5.32 Å². The van der Waals surface area contributed by atoms with Gasteiger partial charge in [0.1, 0.15) is 0 Å². The lowest BCUT2D eigenvalue weighted by molar-refractivity contribution is -0.119. The van der Waals surface area contributed by atoms with Crippen LogP contribution in [0.5, 0.6) is 0 Å². The lowest BCUT2D eigenvalue weighted by atomic mass is 10.1. The van der Waals surface area contributed by atoms with E-state index in [1.165, 1.54) is 6.08 Å². The van der Waals surface area contributed by atoms with Crippen LogP contribution in [-0.4, -0.2) is 43.4 Å². The molecule has 62 valence electrons. The molecule has 1 rings (SSSR count). The predicted octanol–water partition coefficient (Wildman–Crippen LogP) is -0.355. The van der Waals surface area contributed by atoms with E-state index < -0.39 is 0 Å². The van der Waals surface area contributed by atoms with Crippen molar-refractivity contribution in [3.8, 4) is 0 Å². The summed E-state index contributed by atoms with van der Waals surface area (Å²) in [6.07, 6.45) is 1.40. The molecule has 1 atom stereocenters. The summed E-state index contributed by atoms with van der Waals surface area (Å²) in [5.41, 5.74) is 0. The van der Waals surface area contributed by atoms with Crippen LogP contribution in [-0.2, 0) is 4.79 Å². The Morgan fingerprint density at radius 3 is 3.09 bits per heavy atom. The minimum Gasteiger partial charge on any atom is -0.313 e. The smallest absolute Gasteiger partial charge is 0.173 e. The van der Waals surface area contributed by atoms with Crippen LogP contribution in [0.15, 0.2) is 12.7 Å². The van der Waals surface area contributed by atoms with Crippen LogP contribution in [0.2, 0.25) is 0 Å². The van der Waals surface area contributed by atoms with Gasteiger partial charge in [0, 0.05) is 19.6 Å². The van der Waals surface area contributed by atoms with Crippen molar-refractivity contribution < 1.29 is 4.79 Å². The van der Waals surface area contributed by atoms with Gasteiger partial charge in [0.25, 0.3) is 0 Å². The van der Waals surface area contributed by atoms with Gasteiger partial charge in [-0.1, -0.05) is 6.58 Å². The molecule has 1 aliphatic heterocycles. The summed E-state index contributed by atoms with van der Waals surface area (Å²) in [4.78, 5) is 13.2. The zero-order valence-electron chi connectivity index (χ0n) is 6.84. The zero-order valence-corrected chi connectivity index (χ0v) is 6.84. The Balaban J connectivity index is 2.53. The highest BCUT2D eigenvalue weighted by molar-refractivity contribution is 5.94. The summed E-state index contributed by atoms with van der Waals surface area (Å²) in [6.45, 7) is 6.12. The summed E-state index contributed by atoms with van der Waals surface area (Å²) >= 11 is 0. The van der Waals surface area contributed by atoms with Gasteiger partial charge in [0.2, 0.25) is 0 Å². The quantitative estimate of drug-likeness (QED) is 0.551. The number of hydrogen-bond donors (Lipinski definition) is 1. The number of carbonyl (C=O) groups excluding carboxylic acids is 1. The molecule has 0 saturated carbocycles. The van der Waals surface area contributed by atoms with E-state index in [1.54, 1.807) is 0 Å². The van der Waals surface area contributed by atoms with Crippen LogP contribution in [0.1, 0.15) is 0 Å². The fraction of sp³-hybridized carbons (Fsp3) is 0.625. The van der Waals surface area contributed by atoms with E-state index in [0.717, 1.165) is 19.6 Å². The van der Waals surface area contributed by atoms with Crippen LogP contribution in [0.4, 0.5) is 0 Å². The summed E-state index contributed by atoms with van der Waals surface area (Å²) in [5, 5.41) is 3.17. The maximum Gasteiger partial charge on any atom is 0.173 e. The number of rotatable bonds is 2. The molecular formula is C8H14N2O. The van der Waals surface area contributed by atoms with E-state index in [4.69, 9.17) is 0 Å². The molecular weight excluding hydrogens is 140 g/mol. The molecule has 0 aromatic carbocycles. The molecule has 0 aliphatic carbocycles. The molecule has 0 spiro atoms. The highest BCUT2D eigenvalue weighted by atomic mass is 16.1. The molecule has 0 amide bonds. The number of piperazine rings is 1. The second kappa shape index (κ2) is 3.64. The Morgan fingerprint density at radius 2 is 2.55 bits per heavy atom. The molecule has 3 heteroatoms. The van der Waals surface area contributed by atoms with E-state index in [0.29, 0.717) is 0 Å². The van der Waals surface area contributed by atoms with Crippen molar-refractivity contribution >= 4 is 5.78 Å². The van der Waals surface area contributed by atoms with Gasteiger partial charge in [-0.2, -0.15) is 0 Å². The number of nitrogens with one attached hydrogen (secondary N) is 1. The van der Waals surface area contributed by atoms with E-state index >= 15 is 0 Å². The second-order valence-electron chi connectivity index (χ2n) is 2.81. The molecule has 11 heavy (non-hydrogen) atoms. The number of hydrogen-bond acceptors (Lipinski definition) is 3. The average molecular weight is 154 g/mol. The van der Waals surface area contributed by atoms with Gasteiger partial charge in [-0.25, -0.2) is 0 Å². The average Bonchev–Trinajstić information content (AvgIpc) is 2.04. The Labute approximate surface area is 67.1 Å². The zero-order chi connectivity index (χ0) is 8.27. The van der Waals surface area contributed by atoms with Gasteiger partial charge in [0.15, 0.2) is 5.78 Å². The van der Waals surface area contributed by atoms with Gasteiger partial charge in [-0.3, -0.25) is 9.69 Å². The highest BCUT2D eigenvalue weighted by Gasteiger charge is 2.22. The molecule has 1 heterocycles. The maximum atomic E-state index is 11.2. The lowest BCUT2D eigenvalue weighted by Crippen LogP contribution is -2.52. The first kappa shape index (κ1) is 8.43. The fourth-order valence-corrected chi connectivity index (χ4v) is 1.26. The largest absolute Gasteiger partial charge is 0.313 e. The number of nitrogens with zero attached hydrogens (tertiary/aromatic N) is 1. The summed E-state index contributed by atoms with van der Waals surface area (Å²) in [6, 6.07) is 0.00116. The van der Waals surface area contributed by atoms with E-state index in [9.17, 15) is 4.79 Å². The summed E-state index contributed by atoms with van der Waals surface area (Å²) in [7, 11) is 1.97. The van der Waals surface area contributed by atoms with Crippen molar-refractivity contribution in [3.63, 3.8) is 0 Å². The minimum atomic E-state index is 0.00116. The monoisotopic (exact) mass is 154 g/mol. The van der Waals surface area contributed by atoms with Crippen molar-refractivity contribution in [1.29, 1.82) is 0 Å². The number of carbonyl (C=O) groups is 1. The van der Waals surface area contributed by atoms with E-state index in [1.807, 2.05) is 7.05 Å². The molecule has 0 aromatic heterocycles. The molecule has 1 N–H and O–H groups in total. The third-order valence-electron chi connectivity index (χ3n) is 2.04. The van der Waals surface area contributed by atoms with Crippen LogP contribution in [0.25, 0.3) is 0 Å². The molecule has 0 aromatic rings. The van der Waals surface area contributed by atoms with Gasteiger partial charge in [-0.05, 0) is 13.1 Å². The topological polar surface area (TPSA) is 32.3 Å². The normalized spacial score (nSPS) is 26.5. The molecule has 3 nitrogen and oxygen atoms in total. The third-order valence-corrected chi connectivity index (χ3v) is 2.04. The number of ketones is 1. The first-order valence-electron chi connectivity index (χ1n) is 3.83. The van der Waals surface area contributed by atoms with Gasteiger partial charge >= 0.3 is 0 Å². The van der Waals surface area contributed by atoms with Crippen molar-refractivity contribution in [2.24, 2.45) is 0 Å². The molecule has 0 bridgehead atoms. The van der Waals surface area contributed by atoms with Gasteiger partial charge in [-0.15, -0.1) is 0 Å². The Morgan fingerprint density at radius 1 is 1.82 bits per heavy atom. The lowest BCUT2D eigenvalue weighted by Gasteiger charge is -2.30. The Kier molecular flexibility index (Phi) is 2.79. The molecule has 1 unspecified atom stereocenters. The van der Waals surface area contributed by atoms with Crippen LogP contribution in [0, 0.1) is 0 Å². The highest BCUT2D eigenvalue weighted by Crippen LogP contribution is 2.00. The van der Waals surface area contributed by atoms with Gasteiger partial charge in [0.05, 0.1) is 6.04 Å². The van der Waals surface area contributed by atoms with Crippen LogP contribution < -0.4 is 5.32 Å². The molecule has 1 fully saturated rings. The molecule has 1 aliphatic rings. The van der Waals surface area contributed by atoms with Crippen molar-refractivity contribution in [2.75, 3.05) is 26.7 Å². The maximum absolute atomic E-state index is 11.2. The molecule has 0 radical (unpaired) electrons. The van der Waals surface area contributed by atoms with Crippen molar-refractivity contribution in [1.82, 2.24) is 10.2 Å². The second-order valence-corrected chi connectivity index (χ2v) is 2.81. The first-order chi connectivity index (χ1) is 5.25. The third kappa shape index (κ3) is 1.88. The van der Waals surface area contributed by atoms with Crippen LogP contribution in [0.3, 0.4) is 0 Å². The predicted molar refractivity (Wildman–Crippen MR) is 44.5 cm³/mol. The van der Waals surface area contributed by atoms with Crippen molar-refractivity contribution in [3.05, 3.63) is 12.7 Å². The van der Waals surface area contributed by atoms with Crippen molar-refractivity contribution in [2.45, 2.75) is 6.04 Å². The van der Waals surface area contributed by atoms with E-state index in [2.05, 4.69) is 16.8 Å². The Hall–Kier alpha value is -0.670. The SMILES string of the molecule is C=CC(=O)C1CNCCN1C. The summed E-state index contributed by atoms with van der Waals surface area (Å²) < 4.78 is 0. The Bertz CT molecular complexity index is 167. The number of likely N-dealkylation sites (N-methyl/N-ethyl adjacent to an activating group) is 1. The summed E-state index contributed by atoms with van der Waals surface area (Å²) in [5.74, 6) is 0.111.